The highest BCUT2D eigenvalue weighted by Gasteiger charge is 2.41. The van der Waals surface area contributed by atoms with Crippen LogP contribution in [0.15, 0.2) is 76.7 Å². The van der Waals surface area contributed by atoms with E-state index in [-0.39, 0.29) is 16.9 Å². The van der Waals surface area contributed by atoms with Gasteiger partial charge in [-0.3, -0.25) is 14.9 Å². The van der Waals surface area contributed by atoms with Crippen molar-refractivity contribution in [3.8, 4) is 17.1 Å². The third-order valence-corrected chi connectivity index (χ3v) is 7.31. The van der Waals surface area contributed by atoms with Gasteiger partial charge in [0.2, 0.25) is 0 Å². The summed E-state index contributed by atoms with van der Waals surface area (Å²) >= 11 is 0. The average molecular weight is 495 g/mol. The number of non-ortho nitro benzene ring substituents is 1. The smallest absolute Gasteiger partial charge is 0.270 e. The molecule has 0 saturated heterocycles. The number of hydrogen-bond acceptors (Lipinski definition) is 6. The second-order valence-corrected chi connectivity index (χ2v) is 10.5. The number of nitrogens with zero attached hydrogens (tertiary/aromatic N) is 1. The second kappa shape index (κ2) is 8.34. The van der Waals surface area contributed by atoms with Gasteiger partial charge >= 0.3 is 0 Å². The van der Waals surface area contributed by atoms with Gasteiger partial charge in [-0.1, -0.05) is 44.2 Å². The van der Waals surface area contributed by atoms with E-state index in [9.17, 15) is 14.9 Å². The molecule has 0 fully saturated rings. The molecular weight excluding hydrogens is 468 g/mol. The summed E-state index contributed by atoms with van der Waals surface area (Å²) in [7, 11) is 1.51. The molecule has 0 bridgehead atoms. The Balaban J connectivity index is 1.51. The van der Waals surface area contributed by atoms with Crippen molar-refractivity contribution in [2.45, 2.75) is 32.7 Å². The van der Waals surface area contributed by atoms with Crippen molar-refractivity contribution in [2.24, 2.45) is 5.41 Å². The lowest BCUT2D eigenvalue weighted by atomic mass is 9.68. The van der Waals surface area contributed by atoms with E-state index in [1.165, 1.54) is 19.2 Å². The van der Waals surface area contributed by atoms with Crippen molar-refractivity contribution in [3.63, 3.8) is 0 Å². The monoisotopic (exact) mass is 494 g/mol. The molecule has 1 atom stereocenters. The average Bonchev–Trinajstić information content (AvgIpc) is 3.36. The van der Waals surface area contributed by atoms with Crippen LogP contribution in [0.3, 0.4) is 0 Å². The summed E-state index contributed by atoms with van der Waals surface area (Å²) in [5.74, 6) is 1.58. The summed E-state index contributed by atoms with van der Waals surface area (Å²) in [5, 5.41) is 17.2. The van der Waals surface area contributed by atoms with Crippen LogP contribution >= 0.6 is 0 Å². The van der Waals surface area contributed by atoms with Crippen LogP contribution in [0.4, 0.5) is 11.4 Å². The van der Waals surface area contributed by atoms with Crippen molar-refractivity contribution in [1.29, 1.82) is 0 Å². The van der Waals surface area contributed by atoms with Gasteiger partial charge in [-0.25, -0.2) is 0 Å². The van der Waals surface area contributed by atoms with E-state index in [4.69, 9.17) is 9.15 Å². The van der Waals surface area contributed by atoms with Crippen molar-refractivity contribution in [1.82, 2.24) is 0 Å². The Kier molecular flexibility index (Phi) is 5.19. The van der Waals surface area contributed by atoms with Crippen LogP contribution in [0.1, 0.15) is 44.1 Å². The maximum atomic E-state index is 13.6. The van der Waals surface area contributed by atoms with Crippen molar-refractivity contribution < 1.29 is 18.9 Å². The summed E-state index contributed by atoms with van der Waals surface area (Å²) in [5.41, 5.74) is 4.10. The number of nitrogens with one attached hydrogen (secondary N) is 1. The number of Topliss-reactive ketones (excluding diaryl/α,β-unsaturated/α-hetero) is 1. The Bertz CT molecular complexity index is 1630. The number of anilines is 1. The molecule has 0 spiro atoms. The summed E-state index contributed by atoms with van der Waals surface area (Å²) in [6.07, 6.45) is 1.23. The van der Waals surface area contributed by atoms with Crippen molar-refractivity contribution in [3.05, 3.63) is 93.7 Å². The van der Waals surface area contributed by atoms with E-state index in [1.807, 2.05) is 18.2 Å². The number of fused-ring (bicyclic) bond motifs is 4. The van der Waals surface area contributed by atoms with Gasteiger partial charge in [-0.2, -0.15) is 0 Å². The highest BCUT2D eigenvalue weighted by molar-refractivity contribution is 6.12. The number of rotatable bonds is 4. The van der Waals surface area contributed by atoms with Gasteiger partial charge in [-0.05, 0) is 52.4 Å². The van der Waals surface area contributed by atoms with E-state index in [0.29, 0.717) is 29.3 Å². The van der Waals surface area contributed by atoms with E-state index in [1.54, 1.807) is 12.1 Å². The number of carbonyl (C=O) groups excluding carboxylic acids is 1. The number of furan rings is 1. The number of allylic oxidation sites excluding steroid dienone is 1. The van der Waals surface area contributed by atoms with Crippen LogP contribution in [0.2, 0.25) is 0 Å². The molecule has 186 valence electrons. The summed E-state index contributed by atoms with van der Waals surface area (Å²) in [6, 6.07) is 19.9. The van der Waals surface area contributed by atoms with Crippen LogP contribution in [-0.2, 0) is 4.79 Å². The fourth-order valence-electron chi connectivity index (χ4n) is 5.71. The predicted molar refractivity (Wildman–Crippen MR) is 143 cm³/mol. The van der Waals surface area contributed by atoms with Gasteiger partial charge in [0.15, 0.2) is 5.78 Å². The minimum absolute atomic E-state index is 0.0555. The summed E-state index contributed by atoms with van der Waals surface area (Å²) in [4.78, 5) is 24.6. The Morgan fingerprint density at radius 2 is 1.86 bits per heavy atom. The van der Waals surface area contributed by atoms with Crippen LogP contribution < -0.4 is 10.1 Å². The Hall–Kier alpha value is -4.39. The lowest BCUT2D eigenvalue weighted by molar-refractivity contribution is -0.384. The minimum Gasteiger partial charge on any atom is -0.496 e. The number of ether oxygens (including phenoxy) is 1. The molecule has 3 aromatic carbocycles. The topological polar surface area (TPSA) is 94.6 Å². The molecule has 0 saturated carbocycles. The second-order valence-electron chi connectivity index (χ2n) is 10.5. The fourth-order valence-corrected chi connectivity index (χ4v) is 5.71. The molecule has 2 aliphatic rings. The number of methoxy groups -OCH3 is 1. The first kappa shape index (κ1) is 23.0. The van der Waals surface area contributed by atoms with Gasteiger partial charge in [-0.15, -0.1) is 0 Å². The molecule has 0 radical (unpaired) electrons. The Labute approximate surface area is 213 Å². The quantitative estimate of drug-likeness (QED) is 0.236. The van der Waals surface area contributed by atoms with Crippen molar-refractivity contribution in [2.75, 3.05) is 12.4 Å². The molecule has 0 unspecified atom stereocenters. The number of nitro groups is 1. The molecule has 6 rings (SSSR count). The fraction of sp³-hybridized carbons (Fsp3) is 0.233. The largest absolute Gasteiger partial charge is 0.496 e. The molecule has 1 aromatic heterocycles. The molecule has 7 nitrogen and oxygen atoms in total. The highest BCUT2D eigenvalue weighted by atomic mass is 16.6. The predicted octanol–water partition coefficient (Wildman–Crippen LogP) is 7.33. The number of benzene rings is 3. The van der Waals surface area contributed by atoms with Gasteiger partial charge < -0.3 is 14.5 Å². The summed E-state index contributed by atoms with van der Waals surface area (Å²) in [6.45, 7) is 4.27. The lowest BCUT2D eigenvalue weighted by Gasteiger charge is -2.39. The highest BCUT2D eigenvalue weighted by Crippen LogP contribution is 2.52. The van der Waals surface area contributed by atoms with Gasteiger partial charge in [0, 0.05) is 35.4 Å². The maximum Gasteiger partial charge on any atom is 0.270 e. The molecule has 1 aliphatic heterocycles. The zero-order valence-corrected chi connectivity index (χ0v) is 20.8. The van der Waals surface area contributed by atoms with Crippen molar-refractivity contribution >= 4 is 33.5 Å². The van der Waals surface area contributed by atoms with Gasteiger partial charge in [0.05, 0.1) is 17.6 Å². The first-order chi connectivity index (χ1) is 17.8. The molecule has 0 amide bonds. The first-order valence-electron chi connectivity index (χ1n) is 12.2. The van der Waals surface area contributed by atoms with E-state index < -0.39 is 11.0 Å². The minimum atomic E-state index is -0.467. The molecule has 4 aromatic rings. The third kappa shape index (κ3) is 3.78. The normalized spacial score (nSPS) is 18.2. The van der Waals surface area contributed by atoms with Crippen LogP contribution in [0, 0.1) is 15.5 Å². The van der Waals surface area contributed by atoms with Crippen LogP contribution in [0.25, 0.3) is 27.7 Å². The molecule has 37 heavy (non-hydrogen) atoms. The lowest BCUT2D eigenvalue weighted by Crippen LogP contribution is -2.33. The molecule has 1 aliphatic carbocycles. The van der Waals surface area contributed by atoms with E-state index in [0.717, 1.165) is 39.6 Å². The zero-order valence-electron chi connectivity index (χ0n) is 20.8. The number of ketones is 1. The maximum absolute atomic E-state index is 13.6. The SMILES string of the molecule is COc1ccc([N+](=O)[O-])cc1-c1ccc([C@@H]2Nc3ccc4ccccc4c3C3=C2C(=O)CC(C)(C)C3)o1. The Morgan fingerprint density at radius 3 is 2.65 bits per heavy atom. The van der Waals surface area contributed by atoms with Crippen LogP contribution in [0.5, 0.6) is 5.75 Å². The van der Waals surface area contributed by atoms with Crippen LogP contribution in [-0.4, -0.2) is 17.8 Å². The molecule has 7 heteroatoms. The zero-order chi connectivity index (χ0) is 25.9. The third-order valence-electron chi connectivity index (χ3n) is 7.31. The molecule has 2 heterocycles. The van der Waals surface area contributed by atoms with E-state index >= 15 is 0 Å². The molecule has 1 N–H and O–H groups in total. The van der Waals surface area contributed by atoms with E-state index in [2.05, 4.69) is 43.4 Å². The number of carbonyl (C=O) groups is 1. The standard InChI is InChI=1S/C30H26N2O5/c1-30(2)15-21-27-19-7-5-4-6-17(19)8-10-22(27)31-29(28(21)23(33)16-30)26-13-12-25(37-26)20-14-18(32(34)35)9-11-24(20)36-3/h4-14,29,31H,15-16H2,1-3H3/t29-/m0/s1. The first-order valence-corrected chi connectivity index (χ1v) is 12.2. The van der Waals surface area contributed by atoms with Gasteiger partial charge in [0.1, 0.15) is 23.3 Å². The number of hydrogen-bond donors (Lipinski definition) is 1. The number of nitro benzene ring substituents is 1. The van der Waals surface area contributed by atoms with Gasteiger partial charge in [0.25, 0.3) is 5.69 Å². The Morgan fingerprint density at radius 1 is 1.05 bits per heavy atom. The molecular formula is C30H26N2O5. The summed E-state index contributed by atoms with van der Waals surface area (Å²) < 4.78 is 11.7.